The SMILES string of the molecule is CN=C(NCC(=O)Nc1ccccc1)N1CCC(C2(C)NC(=O)NC2=O)CC1.I. The lowest BCUT2D eigenvalue weighted by Gasteiger charge is -2.39. The Bertz CT molecular complexity index is 779. The zero-order valence-corrected chi connectivity index (χ0v) is 18.9. The maximum Gasteiger partial charge on any atom is 0.322 e. The number of guanidine groups is 1. The van der Waals surface area contributed by atoms with Crippen LogP contribution in [0, 0.1) is 5.92 Å². The van der Waals surface area contributed by atoms with Gasteiger partial charge in [-0.3, -0.25) is 19.9 Å². The average Bonchev–Trinajstić information content (AvgIpc) is 2.96. The number of nitrogens with zero attached hydrogens (tertiary/aromatic N) is 2. The second kappa shape index (κ2) is 9.90. The Morgan fingerprint density at radius 2 is 1.90 bits per heavy atom. The lowest BCUT2D eigenvalue weighted by Crippen LogP contribution is -2.55. The van der Waals surface area contributed by atoms with E-state index in [4.69, 9.17) is 0 Å². The molecule has 2 saturated heterocycles. The molecule has 10 heteroatoms. The molecular formula is C19H27IN6O3. The number of carbonyl (C=O) groups is 3. The highest BCUT2D eigenvalue weighted by atomic mass is 127. The number of amides is 4. The number of rotatable bonds is 4. The van der Waals surface area contributed by atoms with Gasteiger partial charge in [0, 0.05) is 25.8 Å². The van der Waals surface area contributed by atoms with Crippen LogP contribution in [-0.2, 0) is 9.59 Å². The van der Waals surface area contributed by atoms with Gasteiger partial charge >= 0.3 is 6.03 Å². The summed E-state index contributed by atoms with van der Waals surface area (Å²) in [5.41, 5.74) is -0.120. The number of hydrogen-bond acceptors (Lipinski definition) is 4. The lowest BCUT2D eigenvalue weighted by atomic mass is 9.79. The van der Waals surface area contributed by atoms with E-state index in [0.29, 0.717) is 19.0 Å². The number of para-hydroxylation sites is 1. The highest BCUT2D eigenvalue weighted by Crippen LogP contribution is 2.30. The van der Waals surface area contributed by atoms with Crippen LogP contribution in [-0.4, -0.2) is 60.9 Å². The monoisotopic (exact) mass is 514 g/mol. The number of aliphatic imine (C=N–C) groups is 1. The predicted molar refractivity (Wildman–Crippen MR) is 121 cm³/mol. The van der Waals surface area contributed by atoms with Crippen LogP contribution in [0.2, 0.25) is 0 Å². The fourth-order valence-electron chi connectivity index (χ4n) is 3.73. The smallest absolute Gasteiger partial charge is 0.322 e. The number of likely N-dealkylation sites (tertiary alicyclic amines) is 1. The molecule has 2 aliphatic heterocycles. The molecule has 0 aliphatic carbocycles. The van der Waals surface area contributed by atoms with Gasteiger partial charge < -0.3 is 20.9 Å². The third-order valence-corrected chi connectivity index (χ3v) is 5.36. The molecular weight excluding hydrogens is 487 g/mol. The van der Waals surface area contributed by atoms with Crippen LogP contribution in [0.1, 0.15) is 19.8 Å². The molecule has 2 heterocycles. The number of urea groups is 1. The topological polar surface area (TPSA) is 115 Å². The standard InChI is InChI=1S/C19H26N6O3.HI/c1-19(16(27)23-18(28)24-19)13-8-10-25(11-9-13)17(20-2)21-12-15(26)22-14-6-4-3-5-7-14;/h3-7,13H,8-12H2,1-2H3,(H,20,21)(H,22,26)(H2,23,24,27,28);1H. The average molecular weight is 514 g/mol. The molecule has 0 saturated carbocycles. The normalized spacial score (nSPS) is 22.4. The van der Waals surface area contributed by atoms with Gasteiger partial charge in [-0.05, 0) is 37.8 Å². The van der Waals surface area contributed by atoms with Gasteiger partial charge in [-0.25, -0.2) is 4.79 Å². The molecule has 4 N–H and O–H groups in total. The quantitative estimate of drug-likeness (QED) is 0.208. The molecule has 4 amide bonds. The molecule has 158 valence electrons. The van der Waals surface area contributed by atoms with Gasteiger partial charge in [0.05, 0.1) is 6.54 Å². The highest BCUT2D eigenvalue weighted by Gasteiger charge is 2.48. The van der Waals surface area contributed by atoms with Crippen molar-refractivity contribution in [1.29, 1.82) is 0 Å². The van der Waals surface area contributed by atoms with Gasteiger partial charge in [-0.1, -0.05) is 18.2 Å². The van der Waals surface area contributed by atoms with Crippen LogP contribution in [0.15, 0.2) is 35.3 Å². The van der Waals surface area contributed by atoms with Crippen molar-refractivity contribution >= 4 is 53.5 Å². The maximum absolute atomic E-state index is 12.1. The molecule has 2 aliphatic rings. The third kappa shape index (κ3) is 5.37. The van der Waals surface area contributed by atoms with Gasteiger partial charge in [-0.15, -0.1) is 24.0 Å². The Morgan fingerprint density at radius 3 is 2.45 bits per heavy atom. The first-order valence-corrected chi connectivity index (χ1v) is 9.36. The van der Waals surface area contributed by atoms with Gasteiger partial charge in [0.25, 0.3) is 5.91 Å². The predicted octanol–water partition coefficient (Wildman–Crippen LogP) is 1.13. The van der Waals surface area contributed by atoms with Crippen LogP contribution in [0.4, 0.5) is 10.5 Å². The second-order valence-corrected chi connectivity index (χ2v) is 7.19. The molecule has 0 spiro atoms. The van der Waals surface area contributed by atoms with Crippen molar-refractivity contribution in [2.75, 3.05) is 32.0 Å². The largest absolute Gasteiger partial charge is 0.347 e. The molecule has 9 nitrogen and oxygen atoms in total. The number of imide groups is 1. The first kappa shape index (κ1) is 22.9. The van der Waals surface area contributed by atoms with Crippen LogP contribution in [0.25, 0.3) is 0 Å². The van der Waals surface area contributed by atoms with Crippen LogP contribution in [0.3, 0.4) is 0 Å². The van der Waals surface area contributed by atoms with E-state index in [-0.39, 0.29) is 48.3 Å². The van der Waals surface area contributed by atoms with Gasteiger partial charge in [0.15, 0.2) is 5.96 Å². The van der Waals surface area contributed by atoms with Crippen molar-refractivity contribution < 1.29 is 14.4 Å². The summed E-state index contributed by atoms with van der Waals surface area (Å²) in [6.07, 6.45) is 1.47. The summed E-state index contributed by atoms with van der Waals surface area (Å²) in [7, 11) is 1.68. The molecule has 1 atom stereocenters. The first-order chi connectivity index (χ1) is 13.4. The van der Waals surface area contributed by atoms with E-state index in [1.807, 2.05) is 30.3 Å². The Morgan fingerprint density at radius 1 is 1.24 bits per heavy atom. The number of anilines is 1. The first-order valence-electron chi connectivity index (χ1n) is 9.36. The van der Waals surface area contributed by atoms with Crippen LogP contribution < -0.4 is 21.3 Å². The minimum atomic E-state index is -0.865. The van der Waals surface area contributed by atoms with Crippen molar-refractivity contribution in [2.24, 2.45) is 10.9 Å². The van der Waals surface area contributed by atoms with Crippen molar-refractivity contribution in [2.45, 2.75) is 25.3 Å². The summed E-state index contributed by atoms with van der Waals surface area (Å²) in [6.45, 7) is 3.25. The van der Waals surface area contributed by atoms with E-state index >= 15 is 0 Å². The van der Waals surface area contributed by atoms with Gasteiger partial charge in [0.1, 0.15) is 5.54 Å². The zero-order valence-electron chi connectivity index (χ0n) is 16.5. The van der Waals surface area contributed by atoms with Gasteiger partial charge in [0.2, 0.25) is 5.91 Å². The molecule has 3 rings (SSSR count). The number of nitrogens with one attached hydrogen (secondary N) is 4. The molecule has 1 aromatic rings. The molecule has 0 aromatic heterocycles. The Hall–Kier alpha value is -2.37. The van der Waals surface area contributed by atoms with Crippen molar-refractivity contribution in [3.05, 3.63) is 30.3 Å². The minimum absolute atomic E-state index is 0. The molecule has 1 aromatic carbocycles. The fourth-order valence-corrected chi connectivity index (χ4v) is 3.73. The fraction of sp³-hybridized carbons (Fsp3) is 0.474. The number of piperidine rings is 1. The Kier molecular flexibility index (Phi) is 7.82. The summed E-state index contributed by atoms with van der Waals surface area (Å²) in [4.78, 5) is 42.0. The summed E-state index contributed by atoms with van der Waals surface area (Å²) in [5.74, 6) is 0.275. The van der Waals surface area contributed by atoms with Gasteiger partial charge in [-0.2, -0.15) is 0 Å². The van der Waals surface area contributed by atoms with E-state index in [0.717, 1.165) is 18.5 Å². The molecule has 29 heavy (non-hydrogen) atoms. The number of hydrogen-bond donors (Lipinski definition) is 4. The summed E-state index contributed by atoms with van der Waals surface area (Å²) >= 11 is 0. The molecule has 0 bridgehead atoms. The van der Waals surface area contributed by atoms with E-state index in [2.05, 4.69) is 31.2 Å². The summed E-state index contributed by atoms with van der Waals surface area (Å²) in [5, 5.41) is 11.0. The maximum atomic E-state index is 12.1. The number of halogens is 1. The van der Waals surface area contributed by atoms with Crippen molar-refractivity contribution in [3.8, 4) is 0 Å². The Labute approximate surface area is 187 Å². The number of benzene rings is 1. The molecule has 2 fully saturated rings. The third-order valence-electron chi connectivity index (χ3n) is 5.36. The summed E-state index contributed by atoms with van der Waals surface area (Å²) in [6, 6.07) is 8.84. The van der Waals surface area contributed by atoms with Crippen LogP contribution >= 0.6 is 24.0 Å². The van der Waals surface area contributed by atoms with E-state index in [1.54, 1.807) is 14.0 Å². The van der Waals surface area contributed by atoms with Crippen LogP contribution in [0.5, 0.6) is 0 Å². The van der Waals surface area contributed by atoms with E-state index < -0.39 is 11.6 Å². The minimum Gasteiger partial charge on any atom is -0.347 e. The lowest BCUT2D eigenvalue weighted by molar-refractivity contribution is -0.125. The second-order valence-electron chi connectivity index (χ2n) is 7.19. The summed E-state index contributed by atoms with van der Waals surface area (Å²) < 4.78 is 0. The molecule has 0 radical (unpaired) electrons. The number of carbonyl (C=O) groups excluding carboxylic acids is 3. The van der Waals surface area contributed by atoms with E-state index in [9.17, 15) is 14.4 Å². The Balaban J connectivity index is 0.00000300. The van der Waals surface area contributed by atoms with Crippen molar-refractivity contribution in [1.82, 2.24) is 20.9 Å². The zero-order chi connectivity index (χ0) is 20.1. The highest BCUT2D eigenvalue weighted by molar-refractivity contribution is 14.0. The molecule has 1 unspecified atom stereocenters. The van der Waals surface area contributed by atoms with E-state index in [1.165, 1.54) is 0 Å². The van der Waals surface area contributed by atoms with Crippen molar-refractivity contribution in [3.63, 3.8) is 0 Å².